The number of para-hydroxylation sites is 1. The summed E-state index contributed by atoms with van der Waals surface area (Å²) in [5, 5.41) is 21.1. The molecule has 0 fully saturated rings. The number of phenolic OH excluding ortho intramolecular Hbond substituents is 2. The number of ketones is 1. The molecule has 164 valence electrons. The maximum atomic E-state index is 13.1. The highest BCUT2D eigenvalue weighted by atomic mass is 16.5. The Labute approximate surface area is 183 Å². The third-order valence-corrected chi connectivity index (χ3v) is 5.70. The van der Waals surface area contributed by atoms with Gasteiger partial charge in [0.15, 0.2) is 5.78 Å². The molecule has 0 aromatic heterocycles. The van der Waals surface area contributed by atoms with Gasteiger partial charge in [0.25, 0.3) is 0 Å². The zero-order chi connectivity index (χ0) is 22.7. The van der Waals surface area contributed by atoms with Crippen LogP contribution in [0.2, 0.25) is 0 Å². The van der Waals surface area contributed by atoms with E-state index in [0.717, 1.165) is 12.0 Å². The van der Waals surface area contributed by atoms with Crippen LogP contribution in [0.3, 0.4) is 0 Å². The molecule has 0 radical (unpaired) electrons. The molecule has 0 aliphatic carbocycles. The Kier molecular flexibility index (Phi) is 6.74. The van der Waals surface area contributed by atoms with Gasteiger partial charge >= 0.3 is 0 Å². The van der Waals surface area contributed by atoms with Crippen LogP contribution < -0.4 is 9.47 Å². The van der Waals surface area contributed by atoms with Gasteiger partial charge < -0.3 is 19.7 Å². The molecule has 1 aliphatic rings. The first-order chi connectivity index (χ1) is 14.7. The van der Waals surface area contributed by atoms with Gasteiger partial charge in [-0.15, -0.1) is 0 Å². The second-order valence-electron chi connectivity index (χ2n) is 8.34. The van der Waals surface area contributed by atoms with E-state index in [-0.39, 0.29) is 35.4 Å². The molecule has 31 heavy (non-hydrogen) atoms. The fraction of sp³-hybridized carbons (Fsp3) is 0.346. The Balaban J connectivity index is 2.09. The van der Waals surface area contributed by atoms with Crippen LogP contribution in [-0.4, -0.2) is 23.1 Å². The van der Waals surface area contributed by atoms with Gasteiger partial charge in [0, 0.05) is 17.2 Å². The van der Waals surface area contributed by atoms with Crippen molar-refractivity contribution in [3.63, 3.8) is 0 Å². The number of allylic oxidation sites excluding steroid dienone is 3. The Morgan fingerprint density at radius 3 is 2.58 bits per heavy atom. The van der Waals surface area contributed by atoms with E-state index in [1.165, 1.54) is 18.7 Å². The first kappa shape index (κ1) is 22.5. The summed E-state index contributed by atoms with van der Waals surface area (Å²) in [5.41, 5.74) is 3.62. The number of hydrogen-bond donors (Lipinski definition) is 2. The third-order valence-electron chi connectivity index (χ3n) is 5.70. The van der Waals surface area contributed by atoms with Gasteiger partial charge in [-0.25, -0.2) is 0 Å². The minimum absolute atomic E-state index is 0.0183. The maximum Gasteiger partial charge on any atom is 0.174 e. The number of carbonyl (C=O) groups excluding carboxylic acids is 1. The number of aromatic hydroxyl groups is 2. The van der Waals surface area contributed by atoms with Crippen LogP contribution in [0.1, 0.15) is 61.2 Å². The van der Waals surface area contributed by atoms with E-state index in [0.29, 0.717) is 28.9 Å². The summed E-state index contributed by atoms with van der Waals surface area (Å²) in [6, 6.07) is 8.30. The van der Waals surface area contributed by atoms with Crippen molar-refractivity contribution in [2.45, 2.75) is 46.1 Å². The predicted molar refractivity (Wildman–Crippen MR) is 121 cm³/mol. The number of fused-ring (bicyclic) bond motifs is 1. The van der Waals surface area contributed by atoms with E-state index in [2.05, 4.69) is 12.7 Å². The van der Waals surface area contributed by atoms with Crippen LogP contribution in [0.15, 0.2) is 54.1 Å². The smallest absolute Gasteiger partial charge is 0.174 e. The monoisotopic (exact) mass is 422 g/mol. The van der Waals surface area contributed by atoms with Crippen LogP contribution in [0.5, 0.6) is 23.0 Å². The minimum Gasteiger partial charge on any atom is -0.508 e. The van der Waals surface area contributed by atoms with Gasteiger partial charge in [0.2, 0.25) is 0 Å². The lowest BCUT2D eigenvalue weighted by molar-refractivity contribution is 0.0838. The molecule has 0 saturated carbocycles. The summed E-state index contributed by atoms with van der Waals surface area (Å²) in [4.78, 5) is 13.1. The molecule has 0 saturated heterocycles. The summed E-state index contributed by atoms with van der Waals surface area (Å²) in [5.74, 6) is 0.620. The summed E-state index contributed by atoms with van der Waals surface area (Å²) in [6.07, 6.45) is 2.82. The topological polar surface area (TPSA) is 76.0 Å². The van der Waals surface area contributed by atoms with Gasteiger partial charge in [-0.3, -0.25) is 4.79 Å². The number of rotatable bonds is 7. The van der Waals surface area contributed by atoms with Crippen molar-refractivity contribution in [2.24, 2.45) is 5.92 Å². The summed E-state index contributed by atoms with van der Waals surface area (Å²) < 4.78 is 11.6. The molecule has 1 aliphatic heterocycles. The highest BCUT2D eigenvalue weighted by molar-refractivity contribution is 6.03. The molecule has 5 heteroatoms. The molecule has 5 nitrogen and oxygen atoms in total. The molecule has 2 N–H and O–H groups in total. The average molecular weight is 423 g/mol. The number of methoxy groups -OCH3 is 1. The highest BCUT2D eigenvalue weighted by Gasteiger charge is 2.35. The molecule has 2 atom stereocenters. The van der Waals surface area contributed by atoms with Gasteiger partial charge in [0.1, 0.15) is 34.7 Å². The fourth-order valence-corrected chi connectivity index (χ4v) is 3.89. The number of Topliss-reactive ketones (excluding diaryl/α,β-unsaturated/α-hetero) is 1. The zero-order valence-corrected chi connectivity index (χ0v) is 18.6. The van der Waals surface area contributed by atoms with Crippen LogP contribution in [-0.2, 0) is 6.42 Å². The molecule has 2 aromatic carbocycles. The van der Waals surface area contributed by atoms with Crippen LogP contribution in [0, 0.1) is 5.92 Å². The average Bonchev–Trinajstić information content (AvgIpc) is 2.71. The summed E-state index contributed by atoms with van der Waals surface area (Å²) >= 11 is 0. The van der Waals surface area contributed by atoms with E-state index >= 15 is 0 Å². The van der Waals surface area contributed by atoms with Crippen molar-refractivity contribution in [1.29, 1.82) is 0 Å². The molecule has 1 heterocycles. The van der Waals surface area contributed by atoms with Gasteiger partial charge in [-0.2, -0.15) is 0 Å². The van der Waals surface area contributed by atoms with Crippen molar-refractivity contribution < 1.29 is 24.5 Å². The second kappa shape index (κ2) is 9.29. The van der Waals surface area contributed by atoms with Crippen molar-refractivity contribution in [2.75, 3.05) is 7.11 Å². The van der Waals surface area contributed by atoms with E-state index in [1.54, 1.807) is 24.3 Å². The Bertz CT molecular complexity index is 1030. The van der Waals surface area contributed by atoms with Crippen LogP contribution in [0.4, 0.5) is 0 Å². The molecular weight excluding hydrogens is 392 g/mol. The van der Waals surface area contributed by atoms with Crippen LogP contribution in [0.25, 0.3) is 0 Å². The normalized spacial score (nSPS) is 16.1. The van der Waals surface area contributed by atoms with Crippen molar-refractivity contribution in [3.05, 3.63) is 70.8 Å². The quantitative estimate of drug-likeness (QED) is 0.543. The minimum atomic E-state index is -0.646. The summed E-state index contributed by atoms with van der Waals surface area (Å²) in [6.45, 7) is 10.2. The second-order valence-corrected chi connectivity index (χ2v) is 8.34. The van der Waals surface area contributed by atoms with Crippen molar-refractivity contribution >= 4 is 5.78 Å². The van der Waals surface area contributed by atoms with Crippen molar-refractivity contribution in [1.82, 2.24) is 0 Å². The largest absolute Gasteiger partial charge is 0.508 e. The number of hydrogen-bond acceptors (Lipinski definition) is 5. The standard InChI is InChI=1S/C26H30O5/c1-15(2)10-11-17(16(3)4)12-19-21(28)13-24(30-5)25-22(29)14-23(31-26(19)25)18-8-6-7-9-20(18)27/h6-10,13,17,23,27-28H,3,11-12,14H2,1-2,4-5H3/t17-,23+/m1/s1. The zero-order valence-electron chi connectivity index (χ0n) is 18.6. The SMILES string of the molecule is C=C(C)[C@H](CC=C(C)C)Cc1c(O)cc(OC)c2c1O[C@H](c1ccccc1O)CC2=O. The Morgan fingerprint density at radius 2 is 1.97 bits per heavy atom. The van der Waals surface area contributed by atoms with Crippen molar-refractivity contribution in [3.8, 4) is 23.0 Å². The van der Waals surface area contributed by atoms with E-state index in [1.807, 2.05) is 20.8 Å². The van der Waals surface area contributed by atoms with Gasteiger partial charge in [-0.05, 0) is 45.6 Å². The van der Waals surface area contributed by atoms with E-state index in [4.69, 9.17) is 9.47 Å². The molecule has 2 aromatic rings. The molecule has 0 unspecified atom stereocenters. The first-order valence-corrected chi connectivity index (χ1v) is 10.4. The first-order valence-electron chi connectivity index (χ1n) is 10.4. The maximum absolute atomic E-state index is 13.1. The number of benzene rings is 2. The molecule has 0 spiro atoms. The van der Waals surface area contributed by atoms with Crippen LogP contribution >= 0.6 is 0 Å². The number of carbonyl (C=O) groups is 1. The fourth-order valence-electron chi connectivity index (χ4n) is 3.89. The molecule has 0 amide bonds. The van der Waals surface area contributed by atoms with Gasteiger partial charge in [0.05, 0.1) is 13.5 Å². The predicted octanol–water partition coefficient (Wildman–Crippen LogP) is 5.90. The molecule has 3 rings (SSSR count). The lowest BCUT2D eigenvalue weighted by Gasteiger charge is -2.30. The number of ether oxygens (including phenoxy) is 2. The summed E-state index contributed by atoms with van der Waals surface area (Å²) in [7, 11) is 1.46. The lowest BCUT2D eigenvalue weighted by Crippen LogP contribution is -2.23. The van der Waals surface area contributed by atoms with E-state index < -0.39 is 6.10 Å². The highest BCUT2D eigenvalue weighted by Crippen LogP contribution is 2.47. The molecule has 0 bridgehead atoms. The van der Waals surface area contributed by atoms with E-state index in [9.17, 15) is 15.0 Å². The Hall–Kier alpha value is -3.21. The number of phenols is 2. The lowest BCUT2D eigenvalue weighted by atomic mass is 9.86. The Morgan fingerprint density at radius 1 is 1.26 bits per heavy atom. The van der Waals surface area contributed by atoms with Gasteiger partial charge in [-0.1, -0.05) is 42.0 Å². The third kappa shape index (κ3) is 4.76. The molecular formula is C26H30O5.